The standard InChI is InChI=1S/C12H16FN3O2/c1-9(10-2-3-11(13)14-8-10)15-4-6-16(7-5-15)12(17)18/h2-3,8-9H,4-7H2,1H3,(H,17,18). The van der Waals surface area contributed by atoms with Crippen LogP contribution in [0.25, 0.3) is 0 Å². The fraction of sp³-hybridized carbons (Fsp3) is 0.500. The van der Waals surface area contributed by atoms with Crippen molar-refractivity contribution in [2.24, 2.45) is 0 Å². The van der Waals surface area contributed by atoms with Crippen molar-refractivity contribution in [1.82, 2.24) is 14.8 Å². The van der Waals surface area contributed by atoms with E-state index in [0.29, 0.717) is 26.2 Å². The fourth-order valence-corrected chi connectivity index (χ4v) is 2.15. The maximum absolute atomic E-state index is 12.7. The van der Waals surface area contributed by atoms with E-state index in [1.165, 1.54) is 17.2 Å². The van der Waals surface area contributed by atoms with Crippen molar-refractivity contribution >= 4 is 6.09 Å². The topological polar surface area (TPSA) is 56.7 Å². The molecule has 1 aliphatic rings. The van der Waals surface area contributed by atoms with Crippen molar-refractivity contribution in [3.8, 4) is 0 Å². The Kier molecular flexibility index (Phi) is 3.76. The lowest BCUT2D eigenvalue weighted by molar-refractivity contribution is 0.0888. The third-order valence-corrected chi connectivity index (χ3v) is 3.37. The van der Waals surface area contributed by atoms with Gasteiger partial charge in [-0.15, -0.1) is 0 Å². The highest BCUT2D eigenvalue weighted by Gasteiger charge is 2.24. The smallest absolute Gasteiger partial charge is 0.407 e. The minimum atomic E-state index is -0.870. The van der Waals surface area contributed by atoms with Crippen LogP contribution in [0.4, 0.5) is 9.18 Å². The normalized spacial score (nSPS) is 18.7. The molecule has 0 aliphatic carbocycles. The third kappa shape index (κ3) is 2.76. The summed E-state index contributed by atoms with van der Waals surface area (Å²) < 4.78 is 12.7. The molecule has 2 heterocycles. The zero-order chi connectivity index (χ0) is 13.1. The van der Waals surface area contributed by atoms with E-state index in [0.717, 1.165) is 5.56 Å². The summed E-state index contributed by atoms with van der Waals surface area (Å²) in [4.78, 5) is 18.0. The SMILES string of the molecule is CC(c1ccc(F)nc1)N1CCN(C(=O)O)CC1. The van der Waals surface area contributed by atoms with Crippen molar-refractivity contribution in [2.75, 3.05) is 26.2 Å². The van der Waals surface area contributed by atoms with Crippen molar-refractivity contribution in [1.29, 1.82) is 0 Å². The summed E-state index contributed by atoms with van der Waals surface area (Å²) >= 11 is 0. The lowest BCUT2D eigenvalue weighted by Gasteiger charge is -2.36. The lowest BCUT2D eigenvalue weighted by Crippen LogP contribution is -2.48. The second kappa shape index (κ2) is 5.30. The summed E-state index contributed by atoms with van der Waals surface area (Å²) in [7, 11) is 0. The number of aromatic nitrogens is 1. The van der Waals surface area contributed by atoms with Crippen LogP contribution < -0.4 is 0 Å². The van der Waals surface area contributed by atoms with Crippen LogP contribution in [0.2, 0.25) is 0 Å². The molecule has 18 heavy (non-hydrogen) atoms. The van der Waals surface area contributed by atoms with Gasteiger partial charge in [0.1, 0.15) is 0 Å². The molecule has 2 rings (SSSR count). The van der Waals surface area contributed by atoms with E-state index in [2.05, 4.69) is 9.88 Å². The van der Waals surface area contributed by atoms with Gasteiger partial charge < -0.3 is 10.0 Å². The number of piperazine rings is 1. The molecule has 1 atom stereocenters. The van der Waals surface area contributed by atoms with Gasteiger partial charge in [0.25, 0.3) is 0 Å². The highest BCUT2D eigenvalue weighted by Crippen LogP contribution is 2.20. The molecule has 1 aromatic rings. The highest BCUT2D eigenvalue weighted by molar-refractivity contribution is 5.65. The summed E-state index contributed by atoms with van der Waals surface area (Å²) in [5, 5.41) is 8.87. The van der Waals surface area contributed by atoms with Crippen molar-refractivity contribution in [2.45, 2.75) is 13.0 Å². The Hall–Kier alpha value is -1.69. The number of halogens is 1. The molecule has 1 saturated heterocycles. The molecule has 0 saturated carbocycles. The molecule has 6 heteroatoms. The largest absolute Gasteiger partial charge is 0.465 e. The molecule has 0 aromatic carbocycles. The van der Waals surface area contributed by atoms with E-state index in [4.69, 9.17) is 5.11 Å². The Morgan fingerprint density at radius 3 is 2.56 bits per heavy atom. The van der Waals surface area contributed by atoms with E-state index in [1.807, 2.05) is 6.92 Å². The van der Waals surface area contributed by atoms with Crippen LogP contribution in [0.15, 0.2) is 18.3 Å². The van der Waals surface area contributed by atoms with Crippen molar-refractivity contribution in [3.63, 3.8) is 0 Å². The quantitative estimate of drug-likeness (QED) is 0.813. The molecule has 1 aromatic heterocycles. The molecule has 1 aliphatic heterocycles. The molecular weight excluding hydrogens is 237 g/mol. The van der Waals surface area contributed by atoms with Crippen LogP contribution in [-0.2, 0) is 0 Å². The molecule has 1 N–H and O–H groups in total. The fourth-order valence-electron chi connectivity index (χ4n) is 2.15. The molecule has 5 nitrogen and oxygen atoms in total. The predicted octanol–water partition coefficient (Wildman–Crippen LogP) is 1.58. The van der Waals surface area contributed by atoms with Gasteiger partial charge in [-0.2, -0.15) is 4.39 Å². The van der Waals surface area contributed by atoms with Gasteiger partial charge in [0.2, 0.25) is 5.95 Å². The molecule has 0 spiro atoms. The van der Waals surface area contributed by atoms with Crippen LogP contribution in [0, 0.1) is 5.95 Å². The van der Waals surface area contributed by atoms with Crippen LogP contribution in [-0.4, -0.2) is 52.2 Å². The summed E-state index contributed by atoms with van der Waals surface area (Å²) in [6, 6.07) is 3.18. The number of amides is 1. The van der Waals surface area contributed by atoms with Gasteiger partial charge in [-0.1, -0.05) is 6.07 Å². The van der Waals surface area contributed by atoms with Crippen LogP contribution in [0.3, 0.4) is 0 Å². The molecule has 0 bridgehead atoms. The molecule has 0 radical (unpaired) electrons. The Morgan fingerprint density at radius 1 is 1.39 bits per heavy atom. The molecule has 1 unspecified atom stereocenters. The summed E-state index contributed by atoms with van der Waals surface area (Å²) in [6.45, 7) is 4.41. The van der Waals surface area contributed by atoms with E-state index < -0.39 is 12.0 Å². The third-order valence-electron chi connectivity index (χ3n) is 3.37. The second-order valence-electron chi connectivity index (χ2n) is 4.40. The minimum Gasteiger partial charge on any atom is -0.465 e. The zero-order valence-electron chi connectivity index (χ0n) is 10.2. The number of hydrogen-bond acceptors (Lipinski definition) is 3. The van der Waals surface area contributed by atoms with Gasteiger partial charge in [0.15, 0.2) is 0 Å². The van der Waals surface area contributed by atoms with Crippen molar-refractivity contribution in [3.05, 3.63) is 29.8 Å². The van der Waals surface area contributed by atoms with Gasteiger partial charge >= 0.3 is 6.09 Å². The van der Waals surface area contributed by atoms with Crippen molar-refractivity contribution < 1.29 is 14.3 Å². The number of nitrogens with zero attached hydrogens (tertiary/aromatic N) is 3. The number of pyridine rings is 1. The maximum atomic E-state index is 12.7. The van der Waals surface area contributed by atoms with Gasteiger partial charge in [0.05, 0.1) is 0 Å². The lowest BCUT2D eigenvalue weighted by atomic mass is 10.1. The second-order valence-corrected chi connectivity index (χ2v) is 4.40. The summed E-state index contributed by atoms with van der Waals surface area (Å²) in [5.41, 5.74) is 0.945. The Labute approximate surface area is 105 Å². The number of carboxylic acid groups (broad SMARTS) is 1. The Balaban J connectivity index is 1.97. The summed E-state index contributed by atoms with van der Waals surface area (Å²) in [6.07, 6.45) is 0.662. The molecular formula is C12H16FN3O2. The van der Waals surface area contributed by atoms with Gasteiger partial charge in [0, 0.05) is 38.4 Å². The molecule has 98 valence electrons. The average Bonchev–Trinajstić information content (AvgIpc) is 2.39. The highest BCUT2D eigenvalue weighted by atomic mass is 19.1. The van der Waals surface area contributed by atoms with Crippen LogP contribution in [0.5, 0.6) is 0 Å². The predicted molar refractivity (Wildman–Crippen MR) is 63.8 cm³/mol. The Morgan fingerprint density at radius 2 is 2.06 bits per heavy atom. The first kappa shape index (κ1) is 12.8. The van der Waals surface area contributed by atoms with Crippen LogP contribution in [0.1, 0.15) is 18.5 Å². The van der Waals surface area contributed by atoms with E-state index in [-0.39, 0.29) is 6.04 Å². The zero-order valence-corrected chi connectivity index (χ0v) is 10.2. The molecule has 1 fully saturated rings. The van der Waals surface area contributed by atoms with Gasteiger partial charge in [-0.25, -0.2) is 9.78 Å². The first-order valence-electron chi connectivity index (χ1n) is 5.91. The van der Waals surface area contributed by atoms with Crippen LogP contribution >= 0.6 is 0 Å². The Bertz CT molecular complexity index is 416. The van der Waals surface area contributed by atoms with E-state index in [9.17, 15) is 9.18 Å². The average molecular weight is 253 g/mol. The minimum absolute atomic E-state index is 0.119. The van der Waals surface area contributed by atoms with Gasteiger partial charge in [-0.3, -0.25) is 4.90 Å². The number of hydrogen-bond donors (Lipinski definition) is 1. The number of rotatable bonds is 2. The van der Waals surface area contributed by atoms with Gasteiger partial charge in [-0.05, 0) is 18.6 Å². The van der Waals surface area contributed by atoms with E-state index >= 15 is 0 Å². The van der Waals surface area contributed by atoms with E-state index in [1.54, 1.807) is 6.07 Å². The first-order valence-corrected chi connectivity index (χ1v) is 5.91. The summed E-state index contributed by atoms with van der Waals surface area (Å²) in [5.74, 6) is -0.485. The maximum Gasteiger partial charge on any atom is 0.407 e. The first-order chi connectivity index (χ1) is 8.58. The number of carbonyl (C=O) groups is 1. The monoisotopic (exact) mass is 253 g/mol. The molecule has 1 amide bonds.